The highest BCUT2D eigenvalue weighted by Crippen LogP contribution is 2.11. The van der Waals surface area contributed by atoms with Gasteiger partial charge in [0, 0.05) is 11.4 Å². The van der Waals surface area contributed by atoms with E-state index in [1.165, 1.54) is 0 Å². The van der Waals surface area contributed by atoms with Crippen molar-refractivity contribution in [3.8, 4) is 0 Å². The normalized spacial score (nSPS) is 16.2. The zero-order chi connectivity index (χ0) is 7.40. The molecule has 0 aromatic heterocycles. The van der Waals surface area contributed by atoms with E-state index in [2.05, 4.69) is 5.32 Å². The highest BCUT2D eigenvalue weighted by molar-refractivity contribution is 8.02. The van der Waals surface area contributed by atoms with Gasteiger partial charge in [-0.25, -0.2) is 4.79 Å². The van der Waals surface area contributed by atoms with Gasteiger partial charge in [0.25, 0.3) is 0 Å². The zero-order valence-corrected chi connectivity index (χ0v) is 6.02. The molecular formula is C6H7NO2S. The third-order valence-corrected chi connectivity index (χ3v) is 1.68. The van der Waals surface area contributed by atoms with Gasteiger partial charge >= 0.3 is 6.09 Å². The number of allylic oxidation sites excluding steroid dienone is 1. The predicted molar refractivity (Wildman–Crippen MR) is 40.8 cm³/mol. The van der Waals surface area contributed by atoms with Crippen molar-refractivity contribution in [3.05, 3.63) is 23.3 Å². The van der Waals surface area contributed by atoms with Gasteiger partial charge in [0.1, 0.15) is 0 Å². The Morgan fingerprint density at radius 2 is 2.60 bits per heavy atom. The zero-order valence-electron chi connectivity index (χ0n) is 5.20. The third-order valence-electron chi connectivity index (χ3n) is 0.995. The number of hydrogen-bond donors (Lipinski definition) is 2. The van der Waals surface area contributed by atoms with Gasteiger partial charge in [0.05, 0.1) is 0 Å². The van der Waals surface area contributed by atoms with Crippen LogP contribution >= 0.6 is 11.8 Å². The van der Waals surface area contributed by atoms with Crippen molar-refractivity contribution in [2.75, 3.05) is 5.75 Å². The monoisotopic (exact) mass is 157 g/mol. The Kier molecular flexibility index (Phi) is 2.39. The van der Waals surface area contributed by atoms with Gasteiger partial charge in [0.2, 0.25) is 0 Å². The summed E-state index contributed by atoms with van der Waals surface area (Å²) in [6.45, 7) is 0. The molecule has 0 saturated carbocycles. The lowest BCUT2D eigenvalue weighted by atomic mass is 10.4. The summed E-state index contributed by atoms with van der Waals surface area (Å²) < 4.78 is 0. The van der Waals surface area contributed by atoms with Crippen LogP contribution < -0.4 is 5.32 Å². The minimum atomic E-state index is -1.01. The summed E-state index contributed by atoms with van der Waals surface area (Å²) in [6.07, 6.45) is 2.56. The van der Waals surface area contributed by atoms with E-state index in [0.29, 0.717) is 5.70 Å². The fourth-order valence-corrected chi connectivity index (χ4v) is 1.23. The average molecular weight is 157 g/mol. The lowest BCUT2D eigenvalue weighted by Gasteiger charge is -2.04. The molecular weight excluding hydrogens is 150 g/mol. The molecule has 54 valence electrons. The van der Waals surface area contributed by atoms with Crippen LogP contribution in [0.3, 0.4) is 0 Å². The number of thioether (sulfide) groups is 1. The van der Waals surface area contributed by atoms with Crippen LogP contribution in [-0.2, 0) is 0 Å². The number of rotatable bonds is 1. The van der Waals surface area contributed by atoms with Crippen molar-refractivity contribution in [1.82, 2.24) is 5.32 Å². The number of nitrogens with one attached hydrogen (secondary N) is 1. The van der Waals surface area contributed by atoms with Crippen molar-refractivity contribution >= 4 is 17.9 Å². The standard InChI is InChI=1S/C6H7NO2S/c8-6(9)7-5-1-3-10-4-2-5/h1-3,7H,4H2,(H,8,9). The summed E-state index contributed by atoms with van der Waals surface area (Å²) in [7, 11) is 0. The number of carbonyl (C=O) groups is 1. The third kappa shape index (κ3) is 2.14. The van der Waals surface area contributed by atoms with Crippen LogP contribution in [0.4, 0.5) is 4.79 Å². The first-order valence-corrected chi connectivity index (χ1v) is 3.82. The smallest absolute Gasteiger partial charge is 0.409 e. The van der Waals surface area contributed by atoms with Gasteiger partial charge in [-0.05, 0) is 11.5 Å². The SMILES string of the molecule is O=C(O)NC1=CCSC=C1. The van der Waals surface area contributed by atoms with Crippen LogP contribution in [0.1, 0.15) is 0 Å². The fourth-order valence-electron chi connectivity index (χ4n) is 0.599. The first-order valence-electron chi connectivity index (χ1n) is 2.77. The van der Waals surface area contributed by atoms with Gasteiger partial charge in [-0.2, -0.15) is 0 Å². The van der Waals surface area contributed by atoms with E-state index in [9.17, 15) is 4.79 Å². The first-order chi connectivity index (χ1) is 4.79. The predicted octanol–water partition coefficient (Wildman–Crippen LogP) is 1.40. The molecule has 0 unspecified atom stereocenters. The van der Waals surface area contributed by atoms with E-state index in [0.717, 1.165) is 5.75 Å². The second kappa shape index (κ2) is 3.31. The number of amides is 1. The van der Waals surface area contributed by atoms with E-state index in [-0.39, 0.29) is 0 Å². The largest absolute Gasteiger partial charge is 0.465 e. The molecule has 0 bridgehead atoms. The molecule has 0 atom stereocenters. The molecule has 0 aromatic carbocycles. The van der Waals surface area contributed by atoms with Crippen LogP contribution in [-0.4, -0.2) is 17.0 Å². The van der Waals surface area contributed by atoms with Gasteiger partial charge in [-0.1, -0.05) is 6.08 Å². The van der Waals surface area contributed by atoms with Crippen molar-refractivity contribution in [2.45, 2.75) is 0 Å². The van der Waals surface area contributed by atoms with Gasteiger partial charge in [0.15, 0.2) is 0 Å². The summed E-state index contributed by atoms with van der Waals surface area (Å²) in [6, 6.07) is 0. The van der Waals surface area contributed by atoms with E-state index in [1.807, 2.05) is 11.5 Å². The van der Waals surface area contributed by atoms with E-state index in [4.69, 9.17) is 5.11 Å². The second-order valence-corrected chi connectivity index (χ2v) is 2.66. The molecule has 1 amide bonds. The molecule has 1 rings (SSSR count). The molecule has 0 aromatic rings. The topological polar surface area (TPSA) is 49.3 Å². The number of hydrogen-bond acceptors (Lipinski definition) is 2. The average Bonchev–Trinajstić information content (AvgIpc) is 1.88. The van der Waals surface area contributed by atoms with Crippen LogP contribution in [0.5, 0.6) is 0 Å². The quantitative estimate of drug-likeness (QED) is 0.604. The minimum absolute atomic E-state index is 0.659. The summed E-state index contributed by atoms with van der Waals surface area (Å²) in [5, 5.41) is 12.4. The van der Waals surface area contributed by atoms with Crippen molar-refractivity contribution in [1.29, 1.82) is 0 Å². The van der Waals surface area contributed by atoms with Crippen molar-refractivity contribution in [3.63, 3.8) is 0 Å². The second-order valence-electron chi connectivity index (χ2n) is 1.73. The van der Waals surface area contributed by atoms with Gasteiger partial charge < -0.3 is 5.11 Å². The van der Waals surface area contributed by atoms with E-state index in [1.54, 1.807) is 17.8 Å². The molecule has 3 nitrogen and oxygen atoms in total. The molecule has 1 heterocycles. The molecule has 4 heteroatoms. The Morgan fingerprint density at radius 1 is 1.80 bits per heavy atom. The Bertz CT molecular complexity index is 198. The molecule has 10 heavy (non-hydrogen) atoms. The Labute approximate surface area is 62.8 Å². The van der Waals surface area contributed by atoms with Crippen LogP contribution in [0, 0.1) is 0 Å². The molecule has 0 saturated heterocycles. The Balaban J connectivity index is 2.48. The fraction of sp³-hybridized carbons (Fsp3) is 0.167. The van der Waals surface area contributed by atoms with Crippen molar-refractivity contribution < 1.29 is 9.90 Å². The Hall–Kier alpha value is -0.900. The minimum Gasteiger partial charge on any atom is -0.465 e. The lowest BCUT2D eigenvalue weighted by Crippen LogP contribution is -2.19. The van der Waals surface area contributed by atoms with E-state index < -0.39 is 6.09 Å². The Morgan fingerprint density at radius 3 is 3.10 bits per heavy atom. The van der Waals surface area contributed by atoms with Gasteiger partial charge in [-0.15, -0.1) is 11.8 Å². The van der Waals surface area contributed by atoms with Gasteiger partial charge in [-0.3, -0.25) is 5.32 Å². The maximum atomic E-state index is 10.1. The molecule has 0 radical (unpaired) electrons. The highest BCUT2D eigenvalue weighted by Gasteiger charge is 1.99. The molecule has 0 spiro atoms. The van der Waals surface area contributed by atoms with Crippen LogP contribution in [0.2, 0.25) is 0 Å². The lowest BCUT2D eigenvalue weighted by molar-refractivity contribution is 0.198. The summed E-state index contributed by atoms with van der Waals surface area (Å²) in [5.74, 6) is 0.839. The molecule has 2 N–H and O–H groups in total. The maximum Gasteiger partial charge on any atom is 0.409 e. The molecule has 1 aliphatic heterocycles. The van der Waals surface area contributed by atoms with Crippen LogP contribution in [0.25, 0.3) is 0 Å². The van der Waals surface area contributed by atoms with E-state index >= 15 is 0 Å². The molecule has 1 aliphatic rings. The van der Waals surface area contributed by atoms with Crippen molar-refractivity contribution in [2.24, 2.45) is 0 Å². The first kappa shape index (κ1) is 7.21. The summed E-state index contributed by atoms with van der Waals surface area (Å²) in [4.78, 5) is 10.1. The highest BCUT2D eigenvalue weighted by atomic mass is 32.2. The summed E-state index contributed by atoms with van der Waals surface area (Å²) in [5.41, 5.74) is 0.659. The summed E-state index contributed by atoms with van der Waals surface area (Å²) >= 11 is 1.64. The molecule has 0 aliphatic carbocycles. The van der Waals surface area contributed by atoms with Crippen LogP contribution in [0.15, 0.2) is 23.3 Å². The number of carboxylic acid groups (broad SMARTS) is 1. The maximum absolute atomic E-state index is 10.1. The molecule has 0 fully saturated rings.